The summed E-state index contributed by atoms with van der Waals surface area (Å²) < 4.78 is 7.22. The van der Waals surface area contributed by atoms with Gasteiger partial charge in [0.1, 0.15) is 11.3 Å². The van der Waals surface area contributed by atoms with Crippen molar-refractivity contribution in [1.29, 1.82) is 0 Å². The number of fused-ring (bicyclic) bond motifs is 5. The molecule has 9 aromatic carbocycles. The molecule has 0 N–H and O–H groups in total. The number of rotatable bonds is 8. The average molecular weight is 705 g/mol. The first kappa shape index (κ1) is 32.3. The first-order valence-electron chi connectivity index (χ1n) is 18.7. The molecule has 0 amide bonds. The molecule has 0 atom stereocenters. The molecule has 0 bridgehead atoms. The summed E-state index contributed by atoms with van der Waals surface area (Å²) in [7, 11) is 0. The Kier molecular flexibility index (Phi) is 8.16. The summed E-state index contributed by atoms with van der Waals surface area (Å²) in [5.74, 6) is 0. The van der Waals surface area contributed by atoms with Crippen molar-refractivity contribution in [2.24, 2.45) is 0 Å². The van der Waals surface area contributed by atoms with Gasteiger partial charge in [0.25, 0.3) is 0 Å². The molecule has 10 rings (SSSR count). The van der Waals surface area contributed by atoms with Crippen LogP contribution in [0.1, 0.15) is 0 Å². The van der Waals surface area contributed by atoms with E-state index < -0.39 is 0 Å². The fraction of sp³-hybridized carbons (Fsp3) is 0. The third kappa shape index (κ3) is 5.80. The van der Waals surface area contributed by atoms with Gasteiger partial charge in [-0.2, -0.15) is 0 Å². The van der Waals surface area contributed by atoms with Crippen molar-refractivity contribution < 1.29 is 4.42 Å². The maximum Gasteiger partial charge on any atom is 0.161 e. The second-order valence-corrected chi connectivity index (χ2v) is 13.7. The van der Waals surface area contributed by atoms with E-state index in [2.05, 4.69) is 228 Å². The van der Waals surface area contributed by atoms with E-state index in [1.807, 2.05) is 0 Å². The van der Waals surface area contributed by atoms with Crippen molar-refractivity contribution in [1.82, 2.24) is 0 Å². The molecule has 0 aliphatic carbocycles. The van der Waals surface area contributed by atoms with E-state index in [9.17, 15) is 0 Å². The van der Waals surface area contributed by atoms with Crippen molar-refractivity contribution in [2.45, 2.75) is 0 Å². The van der Waals surface area contributed by atoms with Crippen LogP contribution in [0.3, 0.4) is 0 Å². The standard InChI is InChI=1S/C52H36N2O/c1-5-17-37(18-6-1)38-29-32-43(33-30-38)53(41-22-9-3-10-23-41)50-49(36-35-47-46-34-31-40-21-13-14-27-45(40)51(46)55-52(47)50)54(42-24-11-4-12-25-42)48-28-16-15-26-44(48)39-19-7-2-8-20-39/h1-36H. The minimum atomic E-state index is 0.818. The molecule has 0 fully saturated rings. The number of hydrogen-bond donors (Lipinski definition) is 0. The van der Waals surface area contributed by atoms with Crippen LogP contribution in [0.15, 0.2) is 223 Å². The molecule has 1 heterocycles. The predicted molar refractivity (Wildman–Crippen MR) is 231 cm³/mol. The number of hydrogen-bond acceptors (Lipinski definition) is 3. The van der Waals surface area contributed by atoms with Gasteiger partial charge in [0, 0.05) is 38.8 Å². The topological polar surface area (TPSA) is 19.6 Å². The molecule has 1 aromatic heterocycles. The monoisotopic (exact) mass is 704 g/mol. The van der Waals surface area contributed by atoms with Crippen LogP contribution in [-0.2, 0) is 0 Å². The first-order chi connectivity index (χ1) is 27.3. The van der Waals surface area contributed by atoms with Gasteiger partial charge in [-0.15, -0.1) is 0 Å². The lowest BCUT2D eigenvalue weighted by molar-refractivity contribution is 0.673. The Hall–Kier alpha value is -7.36. The van der Waals surface area contributed by atoms with Crippen molar-refractivity contribution in [2.75, 3.05) is 9.80 Å². The third-order valence-corrected chi connectivity index (χ3v) is 10.4. The van der Waals surface area contributed by atoms with E-state index in [1.54, 1.807) is 0 Å². The molecule has 0 unspecified atom stereocenters. The van der Waals surface area contributed by atoms with Crippen LogP contribution < -0.4 is 9.80 Å². The largest absolute Gasteiger partial charge is 0.453 e. The Balaban J connectivity index is 1.31. The molecule has 0 radical (unpaired) electrons. The summed E-state index contributed by atoms with van der Waals surface area (Å²) >= 11 is 0. The fourth-order valence-corrected chi connectivity index (χ4v) is 7.87. The Morgan fingerprint density at radius 3 is 1.51 bits per heavy atom. The highest BCUT2D eigenvalue weighted by Gasteiger charge is 2.28. The zero-order chi connectivity index (χ0) is 36.6. The van der Waals surface area contributed by atoms with Gasteiger partial charge in [-0.25, -0.2) is 0 Å². The van der Waals surface area contributed by atoms with Crippen molar-refractivity contribution >= 4 is 66.8 Å². The van der Waals surface area contributed by atoms with E-state index in [0.717, 1.165) is 83.5 Å². The summed E-state index contributed by atoms with van der Waals surface area (Å²) in [5, 5.41) is 4.39. The Morgan fingerprint density at radius 1 is 0.291 bits per heavy atom. The maximum absolute atomic E-state index is 7.22. The minimum absolute atomic E-state index is 0.818. The number of furan rings is 1. The molecule has 10 aromatic rings. The average Bonchev–Trinajstić information content (AvgIpc) is 3.66. The number of anilines is 6. The van der Waals surface area contributed by atoms with Crippen LogP contribution in [-0.4, -0.2) is 0 Å². The first-order valence-corrected chi connectivity index (χ1v) is 18.7. The second-order valence-electron chi connectivity index (χ2n) is 13.7. The summed E-state index contributed by atoms with van der Waals surface area (Å²) in [5.41, 5.74) is 12.4. The van der Waals surface area contributed by atoms with Gasteiger partial charge in [-0.05, 0) is 82.7 Å². The number of benzene rings is 9. The Labute approximate surface area is 320 Å². The van der Waals surface area contributed by atoms with Gasteiger partial charge < -0.3 is 14.2 Å². The van der Waals surface area contributed by atoms with Crippen LogP contribution in [0.25, 0.3) is 55.0 Å². The highest BCUT2D eigenvalue weighted by Crippen LogP contribution is 2.52. The van der Waals surface area contributed by atoms with Gasteiger partial charge in [-0.3, -0.25) is 0 Å². The molecular formula is C52H36N2O. The number of para-hydroxylation sites is 3. The normalized spacial score (nSPS) is 11.3. The van der Waals surface area contributed by atoms with E-state index in [1.165, 1.54) is 5.56 Å². The molecule has 3 nitrogen and oxygen atoms in total. The van der Waals surface area contributed by atoms with Gasteiger partial charge in [0.15, 0.2) is 5.58 Å². The maximum atomic E-state index is 7.22. The lowest BCUT2D eigenvalue weighted by atomic mass is 10.0. The molecular weight excluding hydrogens is 669 g/mol. The third-order valence-electron chi connectivity index (χ3n) is 10.4. The molecule has 260 valence electrons. The van der Waals surface area contributed by atoms with Crippen molar-refractivity contribution in [3.05, 3.63) is 218 Å². The molecule has 0 saturated heterocycles. The van der Waals surface area contributed by atoms with E-state index >= 15 is 0 Å². The van der Waals surface area contributed by atoms with Gasteiger partial charge in [0.05, 0.1) is 11.4 Å². The summed E-state index contributed by atoms with van der Waals surface area (Å²) in [6.07, 6.45) is 0. The molecule has 0 aliphatic rings. The molecule has 0 aliphatic heterocycles. The van der Waals surface area contributed by atoms with Crippen LogP contribution in [0.2, 0.25) is 0 Å². The molecule has 0 spiro atoms. The minimum Gasteiger partial charge on any atom is -0.453 e. The van der Waals surface area contributed by atoms with Crippen LogP contribution >= 0.6 is 0 Å². The Morgan fingerprint density at radius 2 is 0.800 bits per heavy atom. The smallest absolute Gasteiger partial charge is 0.161 e. The van der Waals surface area contributed by atoms with Gasteiger partial charge >= 0.3 is 0 Å². The van der Waals surface area contributed by atoms with Gasteiger partial charge in [-0.1, -0.05) is 158 Å². The lowest BCUT2D eigenvalue weighted by Gasteiger charge is -2.34. The Bertz CT molecular complexity index is 2900. The number of nitrogens with zero attached hydrogens (tertiary/aromatic N) is 2. The lowest BCUT2D eigenvalue weighted by Crippen LogP contribution is -2.17. The summed E-state index contributed by atoms with van der Waals surface area (Å²) in [6.45, 7) is 0. The zero-order valence-electron chi connectivity index (χ0n) is 30.1. The predicted octanol–water partition coefficient (Wildman–Crippen LogP) is 15.0. The van der Waals surface area contributed by atoms with Crippen LogP contribution in [0.4, 0.5) is 34.1 Å². The fourth-order valence-electron chi connectivity index (χ4n) is 7.87. The highest BCUT2D eigenvalue weighted by molar-refractivity contribution is 6.19. The summed E-state index contributed by atoms with van der Waals surface area (Å²) in [6, 6.07) is 77.4. The van der Waals surface area contributed by atoms with E-state index in [4.69, 9.17) is 4.42 Å². The quantitative estimate of drug-likeness (QED) is 0.157. The molecule has 55 heavy (non-hydrogen) atoms. The molecule has 3 heteroatoms. The van der Waals surface area contributed by atoms with E-state index in [-0.39, 0.29) is 0 Å². The SMILES string of the molecule is c1ccc(-c2ccc(N(c3ccccc3)c3c(N(c4ccccc4)c4ccccc4-c4ccccc4)ccc4c3oc3c5ccccc5ccc43)cc2)cc1. The van der Waals surface area contributed by atoms with Gasteiger partial charge in [0.2, 0.25) is 0 Å². The van der Waals surface area contributed by atoms with Crippen LogP contribution in [0, 0.1) is 0 Å². The second kappa shape index (κ2) is 13.9. The summed E-state index contributed by atoms with van der Waals surface area (Å²) in [4.78, 5) is 4.74. The van der Waals surface area contributed by atoms with Crippen LogP contribution in [0.5, 0.6) is 0 Å². The molecule has 0 saturated carbocycles. The van der Waals surface area contributed by atoms with E-state index in [0.29, 0.717) is 0 Å². The van der Waals surface area contributed by atoms with Crippen molar-refractivity contribution in [3.8, 4) is 22.3 Å². The highest BCUT2D eigenvalue weighted by atomic mass is 16.3. The van der Waals surface area contributed by atoms with Crippen molar-refractivity contribution in [3.63, 3.8) is 0 Å². The zero-order valence-corrected chi connectivity index (χ0v) is 30.1.